The lowest BCUT2D eigenvalue weighted by molar-refractivity contribution is -0.118. The maximum Gasteiger partial charge on any atom is 0.252 e. The van der Waals surface area contributed by atoms with Crippen LogP contribution in [0.4, 0.5) is 5.69 Å². The van der Waals surface area contributed by atoms with Crippen molar-refractivity contribution in [1.29, 1.82) is 0 Å². The third kappa shape index (κ3) is 6.78. The SMILES string of the molecule is CC(C)(C)NS(=O)(=O)c1ccc(NC(=O)[C@H](Cc2ccccc2)NC(=O)c2ccc3n[nH]nc3c2)cc1. The number of aromatic amines is 1. The molecule has 0 saturated heterocycles. The van der Waals surface area contributed by atoms with E-state index in [-0.39, 0.29) is 11.3 Å². The van der Waals surface area contributed by atoms with Crippen molar-refractivity contribution in [1.82, 2.24) is 25.4 Å². The van der Waals surface area contributed by atoms with Crippen LogP contribution in [-0.2, 0) is 21.2 Å². The second-order valence-corrected chi connectivity index (χ2v) is 11.3. The summed E-state index contributed by atoms with van der Waals surface area (Å²) in [5.74, 6) is -0.876. The van der Waals surface area contributed by atoms with Crippen LogP contribution >= 0.6 is 0 Å². The van der Waals surface area contributed by atoms with Crippen molar-refractivity contribution in [3.8, 4) is 0 Å². The first-order valence-corrected chi connectivity index (χ1v) is 13.1. The van der Waals surface area contributed by atoms with Crippen LogP contribution in [0.1, 0.15) is 36.7 Å². The predicted molar refractivity (Wildman–Crippen MR) is 140 cm³/mol. The Morgan fingerprint density at radius 1 is 0.919 bits per heavy atom. The molecular weight excluding hydrogens is 492 g/mol. The van der Waals surface area contributed by atoms with Gasteiger partial charge in [0.2, 0.25) is 15.9 Å². The Hall–Kier alpha value is -4.09. The molecule has 0 bridgehead atoms. The number of carbonyl (C=O) groups excluding carboxylic acids is 2. The number of hydrogen-bond acceptors (Lipinski definition) is 6. The van der Waals surface area contributed by atoms with Gasteiger partial charge in [-0.25, -0.2) is 13.1 Å². The van der Waals surface area contributed by atoms with Crippen LogP contribution in [0.15, 0.2) is 77.7 Å². The monoisotopic (exact) mass is 520 g/mol. The molecule has 1 aromatic heterocycles. The first-order valence-electron chi connectivity index (χ1n) is 11.6. The van der Waals surface area contributed by atoms with Gasteiger partial charge in [-0.15, -0.1) is 0 Å². The number of rotatable bonds is 8. The molecule has 0 unspecified atom stereocenters. The van der Waals surface area contributed by atoms with Crippen molar-refractivity contribution >= 4 is 38.6 Å². The number of sulfonamides is 1. The van der Waals surface area contributed by atoms with Crippen LogP contribution in [0.25, 0.3) is 11.0 Å². The Morgan fingerprint density at radius 3 is 2.27 bits per heavy atom. The van der Waals surface area contributed by atoms with Gasteiger partial charge in [0.15, 0.2) is 0 Å². The number of hydrogen-bond donors (Lipinski definition) is 4. The summed E-state index contributed by atoms with van der Waals surface area (Å²) in [6.07, 6.45) is 0.257. The Kier molecular flexibility index (Phi) is 7.37. The Morgan fingerprint density at radius 2 is 1.59 bits per heavy atom. The molecule has 0 fully saturated rings. The van der Waals surface area contributed by atoms with E-state index in [0.717, 1.165) is 5.56 Å². The number of nitrogens with zero attached hydrogens (tertiary/aromatic N) is 2. The number of fused-ring (bicyclic) bond motifs is 1. The fourth-order valence-corrected chi connectivity index (χ4v) is 5.11. The molecule has 0 radical (unpaired) electrons. The fraction of sp³-hybridized carbons (Fsp3) is 0.231. The second-order valence-electron chi connectivity index (χ2n) is 9.61. The number of nitrogens with one attached hydrogen (secondary N) is 4. The van der Waals surface area contributed by atoms with Gasteiger partial charge >= 0.3 is 0 Å². The molecule has 0 spiro atoms. The van der Waals surface area contributed by atoms with Gasteiger partial charge < -0.3 is 10.6 Å². The second kappa shape index (κ2) is 10.5. The van der Waals surface area contributed by atoms with Gasteiger partial charge in [-0.3, -0.25) is 9.59 Å². The highest BCUT2D eigenvalue weighted by molar-refractivity contribution is 7.89. The molecule has 4 aromatic rings. The molecule has 0 aliphatic carbocycles. The maximum absolute atomic E-state index is 13.2. The first kappa shape index (κ1) is 26.0. The molecule has 0 saturated carbocycles. The standard InChI is InChI=1S/C26H28N6O4S/c1-26(2,3)31-37(35,36)20-12-10-19(11-13-20)27-25(34)23(15-17-7-5-4-6-8-17)28-24(33)18-9-14-21-22(16-18)30-32-29-21/h4-14,16,23,31H,15H2,1-3H3,(H,27,34)(H,28,33)(H,29,30,32)/t23-/m0/s1. The van der Waals surface area contributed by atoms with E-state index in [1.54, 1.807) is 39.0 Å². The Labute approximate surface area is 214 Å². The number of amides is 2. The van der Waals surface area contributed by atoms with Crippen molar-refractivity contribution in [2.24, 2.45) is 0 Å². The van der Waals surface area contributed by atoms with Crippen molar-refractivity contribution < 1.29 is 18.0 Å². The zero-order chi connectivity index (χ0) is 26.6. The third-order valence-electron chi connectivity index (χ3n) is 5.36. The lowest BCUT2D eigenvalue weighted by Gasteiger charge is -2.21. The maximum atomic E-state index is 13.2. The van der Waals surface area contributed by atoms with E-state index < -0.39 is 33.4 Å². The zero-order valence-corrected chi connectivity index (χ0v) is 21.5. The van der Waals surface area contributed by atoms with Gasteiger partial charge in [0.1, 0.15) is 17.1 Å². The average Bonchev–Trinajstić information content (AvgIpc) is 3.31. The van der Waals surface area contributed by atoms with E-state index in [1.807, 2.05) is 30.3 Å². The summed E-state index contributed by atoms with van der Waals surface area (Å²) in [5.41, 5.74) is 2.13. The summed E-state index contributed by atoms with van der Waals surface area (Å²) in [7, 11) is -3.71. The summed E-state index contributed by atoms with van der Waals surface area (Å²) in [4.78, 5) is 26.3. The largest absolute Gasteiger partial charge is 0.340 e. The van der Waals surface area contributed by atoms with E-state index in [2.05, 4.69) is 30.8 Å². The highest BCUT2D eigenvalue weighted by Gasteiger charge is 2.24. The van der Waals surface area contributed by atoms with E-state index in [4.69, 9.17) is 0 Å². The lowest BCUT2D eigenvalue weighted by atomic mass is 10.0. The van der Waals surface area contributed by atoms with Crippen LogP contribution in [0.5, 0.6) is 0 Å². The van der Waals surface area contributed by atoms with Gasteiger partial charge in [-0.05, 0) is 68.8 Å². The quantitative estimate of drug-likeness (QED) is 0.281. The molecule has 37 heavy (non-hydrogen) atoms. The summed E-state index contributed by atoms with van der Waals surface area (Å²) < 4.78 is 27.7. The average molecular weight is 521 g/mol. The van der Waals surface area contributed by atoms with Crippen LogP contribution < -0.4 is 15.4 Å². The minimum atomic E-state index is -3.71. The number of benzene rings is 3. The Bertz CT molecular complexity index is 1510. The minimum absolute atomic E-state index is 0.0813. The summed E-state index contributed by atoms with van der Waals surface area (Å²) >= 11 is 0. The molecule has 11 heteroatoms. The van der Waals surface area contributed by atoms with Gasteiger partial charge in [-0.2, -0.15) is 15.4 Å². The molecule has 192 valence electrons. The van der Waals surface area contributed by atoms with Crippen molar-refractivity contribution in [3.05, 3.63) is 83.9 Å². The molecule has 4 N–H and O–H groups in total. The van der Waals surface area contributed by atoms with Crippen molar-refractivity contribution in [2.45, 2.75) is 43.7 Å². The minimum Gasteiger partial charge on any atom is -0.340 e. The van der Waals surface area contributed by atoms with Crippen LogP contribution in [0.2, 0.25) is 0 Å². The van der Waals surface area contributed by atoms with Crippen LogP contribution in [0, 0.1) is 0 Å². The van der Waals surface area contributed by atoms with Gasteiger partial charge in [0.25, 0.3) is 5.91 Å². The number of anilines is 1. The highest BCUT2D eigenvalue weighted by atomic mass is 32.2. The summed E-state index contributed by atoms with van der Waals surface area (Å²) in [6.45, 7) is 5.26. The van der Waals surface area contributed by atoms with Crippen LogP contribution in [-0.4, -0.2) is 47.2 Å². The molecule has 10 nitrogen and oxygen atoms in total. The molecule has 3 aromatic carbocycles. The molecule has 0 aliphatic heterocycles. The third-order valence-corrected chi connectivity index (χ3v) is 7.13. The lowest BCUT2D eigenvalue weighted by Crippen LogP contribution is -2.45. The number of carbonyl (C=O) groups is 2. The molecule has 1 atom stereocenters. The molecule has 2 amide bonds. The smallest absolute Gasteiger partial charge is 0.252 e. The summed E-state index contributed by atoms with van der Waals surface area (Å²) in [6, 6.07) is 19.2. The summed E-state index contributed by atoms with van der Waals surface area (Å²) in [5, 5.41) is 16.1. The van der Waals surface area contributed by atoms with E-state index in [1.165, 1.54) is 24.3 Å². The highest BCUT2D eigenvalue weighted by Crippen LogP contribution is 2.17. The fourth-order valence-electron chi connectivity index (χ4n) is 3.69. The van der Waals surface area contributed by atoms with Crippen molar-refractivity contribution in [2.75, 3.05) is 5.32 Å². The van der Waals surface area contributed by atoms with E-state index in [0.29, 0.717) is 22.3 Å². The predicted octanol–water partition coefficient (Wildman–Crippen LogP) is 3.01. The van der Waals surface area contributed by atoms with Crippen molar-refractivity contribution in [3.63, 3.8) is 0 Å². The normalized spacial score (nSPS) is 12.7. The Balaban J connectivity index is 1.51. The topological polar surface area (TPSA) is 146 Å². The number of H-pyrrole nitrogens is 1. The number of aromatic nitrogens is 3. The van der Waals surface area contributed by atoms with E-state index >= 15 is 0 Å². The zero-order valence-electron chi connectivity index (χ0n) is 20.6. The van der Waals surface area contributed by atoms with E-state index in [9.17, 15) is 18.0 Å². The van der Waals surface area contributed by atoms with Gasteiger partial charge in [0.05, 0.1) is 4.90 Å². The van der Waals surface area contributed by atoms with Gasteiger partial charge in [-0.1, -0.05) is 30.3 Å². The molecule has 4 rings (SSSR count). The molecule has 1 heterocycles. The first-order chi connectivity index (χ1) is 17.5. The van der Waals surface area contributed by atoms with Gasteiger partial charge in [0, 0.05) is 23.2 Å². The van der Waals surface area contributed by atoms with Crippen LogP contribution in [0.3, 0.4) is 0 Å². The molecule has 0 aliphatic rings. The molecular formula is C26H28N6O4S.